The van der Waals surface area contributed by atoms with Crippen molar-refractivity contribution in [1.29, 1.82) is 0 Å². The summed E-state index contributed by atoms with van der Waals surface area (Å²) in [5.41, 5.74) is 3.30. The molecule has 0 atom stereocenters. The van der Waals surface area contributed by atoms with Gasteiger partial charge in [-0.2, -0.15) is 0 Å². The third kappa shape index (κ3) is 3.38. The predicted octanol–water partition coefficient (Wildman–Crippen LogP) is 1.89. The van der Waals surface area contributed by atoms with Crippen LogP contribution in [0.4, 0.5) is 0 Å². The van der Waals surface area contributed by atoms with Crippen LogP contribution in [0.5, 0.6) is 0 Å². The molecule has 1 aliphatic rings. The van der Waals surface area contributed by atoms with E-state index in [9.17, 15) is 0 Å². The van der Waals surface area contributed by atoms with E-state index in [4.69, 9.17) is 0 Å². The maximum Gasteiger partial charge on any atom is 0.129 e. The molecule has 1 heteroatoms. The van der Waals surface area contributed by atoms with Crippen molar-refractivity contribution in [3.8, 4) is 23.3 Å². The highest BCUT2D eigenvalue weighted by Crippen LogP contribution is 2.08. The minimum absolute atomic E-state index is 0.476. The SMILES string of the molecule is C[Si](C)(C)C#CCC1C#C1. The molecule has 0 saturated carbocycles. The fraction of sp³-hybridized carbons (Fsp3) is 0.556. The van der Waals surface area contributed by atoms with Gasteiger partial charge in [-0.3, -0.25) is 0 Å². The highest BCUT2D eigenvalue weighted by molar-refractivity contribution is 6.83. The summed E-state index contributed by atoms with van der Waals surface area (Å²) < 4.78 is 0. The lowest BCUT2D eigenvalue weighted by Crippen LogP contribution is -2.16. The summed E-state index contributed by atoms with van der Waals surface area (Å²) >= 11 is 0. The van der Waals surface area contributed by atoms with Gasteiger partial charge in [0.05, 0.1) is 5.92 Å². The average Bonchev–Trinajstić information content (AvgIpc) is 2.45. The Bertz CT molecular complexity index is 228. The van der Waals surface area contributed by atoms with Crippen molar-refractivity contribution in [3.63, 3.8) is 0 Å². The zero-order valence-corrected chi connectivity index (χ0v) is 7.78. The van der Waals surface area contributed by atoms with Crippen molar-refractivity contribution in [1.82, 2.24) is 0 Å². The molecule has 0 fully saturated rings. The van der Waals surface area contributed by atoms with Crippen molar-refractivity contribution in [3.05, 3.63) is 0 Å². The Morgan fingerprint density at radius 3 is 2.30 bits per heavy atom. The second-order valence-electron chi connectivity index (χ2n) is 3.60. The summed E-state index contributed by atoms with van der Waals surface area (Å²) in [7, 11) is -1.11. The Hall–Kier alpha value is -0.663. The Morgan fingerprint density at radius 1 is 1.30 bits per heavy atom. The minimum atomic E-state index is -1.11. The van der Waals surface area contributed by atoms with E-state index in [1.807, 2.05) is 0 Å². The third-order valence-electron chi connectivity index (χ3n) is 1.12. The molecule has 0 amide bonds. The van der Waals surface area contributed by atoms with Gasteiger partial charge >= 0.3 is 0 Å². The molecule has 0 aromatic heterocycles. The molecule has 1 aliphatic carbocycles. The van der Waals surface area contributed by atoms with Crippen LogP contribution in [0.15, 0.2) is 0 Å². The van der Waals surface area contributed by atoms with E-state index in [1.165, 1.54) is 0 Å². The Kier molecular flexibility index (Phi) is 1.88. The predicted molar refractivity (Wildman–Crippen MR) is 47.0 cm³/mol. The summed E-state index contributed by atoms with van der Waals surface area (Å²) in [6, 6.07) is 0. The quantitative estimate of drug-likeness (QED) is 0.393. The summed E-state index contributed by atoms with van der Waals surface area (Å²) in [6.45, 7) is 6.77. The largest absolute Gasteiger partial charge is 0.132 e. The van der Waals surface area contributed by atoms with Gasteiger partial charge in [0.1, 0.15) is 8.07 Å². The van der Waals surface area contributed by atoms with Crippen LogP contribution in [0.1, 0.15) is 6.42 Å². The molecule has 0 nitrogen and oxygen atoms in total. The molecule has 0 bridgehead atoms. The summed E-state index contributed by atoms with van der Waals surface area (Å²) in [6.07, 6.45) is 0.949. The number of hydrogen-bond acceptors (Lipinski definition) is 0. The van der Waals surface area contributed by atoms with Crippen molar-refractivity contribution in [2.24, 2.45) is 5.92 Å². The third-order valence-corrected chi connectivity index (χ3v) is 2.04. The van der Waals surface area contributed by atoms with Gasteiger partial charge < -0.3 is 0 Å². The first-order valence-corrected chi connectivity index (χ1v) is 7.09. The molecule has 10 heavy (non-hydrogen) atoms. The van der Waals surface area contributed by atoms with Gasteiger partial charge in [-0.05, 0) is 0 Å². The fourth-order valence-electron chi connectivity index (χ4n) is 0.579. The summed E-state index contributed by atoms with van der Waals surface area (Å²) in [4.78, 5) is 0. The number of rotatable bonds is 1. The molecule has 52 valence electrons. The van der Waals surface area contributed by atoms with E-state index in [-0.39, 0.29) is 0 Å². The summed E-state index contributed by atoms with van der Waals surface area (Å²) in [5.74, 6) is 9.62. The van der Waals surface area contributed by atoms with Crippen LogP contribution in [-0.4, -0.2) is 8.07 Å². The van der Waals surface area contributed by atoms with Gasteiger partial charge in [0, 0.05) is 6.42 Å². The van der Waals surface area contributed by atoms with E-state index in [1.54, 1.807) is 0 Å². The smallest absolute Gasteiger partial charge is 0.129 e. The van der Waals surface area contributed by atoms with Crippen LogP contribution in [0.3, 0.4) is 0 Å². The minimum Gasteiger partial charge on any atom is -0.132 e. The molecule has 0 unspecified atom stereocenters. The zero-order valence-electron chi connectivity index (χ0n) is 6.78. The molecule has 1 rings (SSSR count). The van der Waals surface area contributed by atoms with E-state index >= 15 is 0 Å². The molecule has 0 aliphatic heterocycles. The first-order valence-electron chi connectivity index (χ1n) is 3.59. The molecule has 0 aromatic carbocycles. The fourth-order valence-corrected chi connectivity index (χ4v) is 1.21. The number of hydrogen-bond donors (Lipinski definition) is 0. The topological polar surface area (TPSA) is 0 Å². The van der Waals surface area contributed by atoms with E-state index in [0.29, 0.717) is 5.92 Å². The Labute approximate surface area is 64.0 Å². The first kappa shape index (κ1) is 7.44. The van der Waals surface area contributed by atoms with Gasteiger partial charge in [-0.25, -0.2) is 0 Å². The van der Waals surface area contributed by atoms with Crippen molar-refractivity contribution >= 4 is 8.07 Å². The molecule has 0 N–H and O–H groups in total. The van der Waals surface area contributed by atoms with Crippen LogP contribution in [0.25, 0.3) is 0 Å². The molecule has 0 spiro atoms. The summed E-state index contributed by atoms with van der Waals surface area (Å²) in [5, 5.41) is 0. The van der Waals surface area contributed by atoms with Crippen molar-refractivity contribution in [2.45, 2.75) is 26.1 Å². The van der Waals surface area contributed by atoms with E-state index < -0.39 is 8.07 Å². The van der Waals surface area contributed by atoms with Crippen LogP contribution < -0.4 is 0 Å². The normalized spacial score (nSPS) is 14.7. The maximum absolute atomic E-state index is 3.30. The standard InChI is InChI=1S/C9H12Si/c1-10(2,3)8-4-5-9-6-7-9/h9H,5H2,1-3H3. The lowest BCUT2D eigenvalue weighted by atomic mass is 10.3. The molecule has 0 aromatic rings. The zero-order chi connectivity index (χ0) is 7.61. The lowest BCUT2D eigenvalue weighted by molar-refractivity contribution is 0.990. The van der Waals surface area contributed by atoms with Crippen LogP contribution in [0.2, 0.25) is 19.6 Å². The Morgan fingerprint density at radius 2 is 1.90 bits per heavy atom. The lowest BCUT2D eigenvalue weighted by Gasteiger charge is -2.02. The highest BCUT2D eigenvalue weighted by Gasteiger charge is 2.09. The second-order valence-corrected chi connectivity index (χ2v) is 8.35. The van der Waals surface area contributed by atoms with Gasteiger partial charge in [-0.1, -0.05) is 31.5 Å². The van der Waals surface area contributed by atoms with Crippen LogP contribution >= 0.6 is 0 Å². The van der Waals surface area contributed by atoms with Gasteiger partial charge in [0.15, 0.2) is 0 Å². The van der Waals surface area contributed by atoms with Gasteiger partial charge in [0.25, 0.3) is 0 Å². The van der Waals surface area contributed by atoms with Gasteiger partial charge in [0.2, 0.25) is 0 Å². The van der Waals surface area contributed by atoms with Crippen molar-refractivity contribution in [2.75, 3.05) is 0 Å². The molecular weight excluding hydrogens is 136 g/mol. The van der Waals surface area contributed by atoms with Crippen LogP contribution in [-0.2, 0) is 0 Å². The first-order chi connectivity index (χ1) is 4.58. The molecular formula is C9H12Si. The van der Waals surface area contributed by atoms with E-state index in [0.717, 1.165) is 6.42 Å². The second kappa shape index (κ2) is 2.52. The average molecular weight is 148 g/mol. The molecule has 0 saturated heterocycles. The van der Waals surface area contributed by atoms with Crippen LogP contribution in [0, 0.1) is 29.2 Å². The van der Waals surface area contributed by atoms with Gasteiger partial charge in [-0.15, -0.1) is 11.5 Å². The monoisotopic (exact) mass is 148 g/mol. The van der Waals surface area contributed by atoms with Crippen molar-refractivity contribution < 1.29 is 0 Å². The van der Waals surface area contributed by atoms with E-state index in [2.05, 4.69) is 42.9 Å². The Balaban J connectivity index is 2.24. The molecule has 0 heterocycles. The maximum atomic E-state index is 3.30. The highest BCUT2D eigenvalue weighted by atomic mass is 28.3. The molecule has 0 radical (unpaired) electrons.